The van der Waals surface area contributed by atoms with Crippen LogP contribution in [0.3, 0.4) is 0 Å². The Morgan fingerprint density at radius 1 is 1.41 bits per heavy atom. The van der Waals surface area contributed by atoms with E-state index in [0.29, 0.717) is 12.4 Å². The van der Waals surface area contributed by atoms with Crippen LogP contribution in [0.1, 0.15) is 55.4 Å². The second-order valence-electron chi connectivity index (χ2n) is 5.37. The fourth-order valence-electron chi connectivity index (χ4n) is 2.74. The van der Waals surface area contributed by atoms with Crippen molar-refractivity contribution in [2.75, 3.05) is 13.7 Å². The van der Waals surface area contributed by atoms with Crippen LogP contribution in [-0.2, 0) is 11.3 Å². The SMILES string of the molecule is CCNC(=O)N(Cc1nc(C(=O)OC)co1)C1CCCCC1. The van der Waals surface area contributed by atoms with Crippen molar-refractivity contribution in [1.82, 2.24) is 15.2 Å². The van der Waals surface area contributed by atoms with Gasteiger partial charge in [0.2, 0.25) is 5.89 Å². The number of urea groups is 1. The molecule has 0 atom stereocenters. The number of hydrogen-bond donors (Lipinski definition) is 1. The Balaban J connectivity index is 2.09. The highest BCUT2D eigenvalue weighted by Crippen LogP contribution is 2.24. The second kappa shape index (κ2) is 7.82. The molecule has 0 aliphatic heterocycles. The number of nitrogens with one attached hydrogen (secondary N) is 1. The standard InChI is InChI=1S/C15H23N3O4/c1-3-16-15(20)18(11-7-5-4-6-8-11)9-13-17-12(10-22-13)14(19)21-2/h10-11H,3-9H2,1-2H3,(H,16,20). The number of esters is 1. The van der Waals surface area contributed by atoms with E-state index in [2.05, 4.69) is 15.0 Å². The molecule has 0 bridgehead atoms. The van der Waals surface area contributed by atoms with Crippen LogP contribution < -0.4 is 5.32 Å². The maximum atomic E-state index is 12.3. The highest BCUT2D eigenvalue weighted by atomic mass is 16.5. The summed E-state index contributed by atoms with van der Waals surface area (Å²) in [5, 5.41) is 2.83. The number of amides is 2. The van der Waals surface area contributed by atoms with Gasteiger partial charge in [-0.1, -0.05) is 19.3 Å². The van der Waals surface area contributed by atoms with E-state index in [9.17, 15) is 9.59 Å². The zero-order valence-electron chi connectivity index (χ0n) is 13.1. The lowest BCUT2D eigenvalue weighted by atomic mass is 9.94. The second-order valence-corrected chi connectivity index (χ2v) is 5.37. The molecule has 1 aliphatic carbocycles. The van der Waals surface area contributed by atoms with E-state index in [1.807, 2.05) is 6.92 Å². The molecule has 1 N–H and O–H groups in total. The van der Waals surface area contributed by atoms with Crippen LogP contribution in [0.4, 0.5) is 4.79 Å². The maximum Gasteiger partial charge on any atom is 0.360 e. The minimum absolute atomic E-state index is 0.118. The molecule has 0 aromatic carbocycles. The molecule has 1 aromatic heterocycles. The van der Waals surface area contributed by atoms with Crippen molar-refractivity contribution in [3.8, 4) is 0 Å². The van der Waals surface area contributed by atoms with E-state index in [0.717, 1.165) is 25.7 Å². The minimum Gasteiger partial charge on any atom is -0.464 e. The van der Waals surface area contributed by atoms with Crippen molar-refractivity contribution in [1.29, 1.82) is 0 Å². The highest BCUT2D eigenvalue weighted by molar-refractivity contribution is 5.86. The summed E-state index contributed by atoms with van der Waals surface area (Å²) in [7, 11) is 1.29. The van der Waals surface area contributed by atoms with Gasteiger partial charge in [0.15, 0.2) is 5.69 Å². The first-order valence-corrected chi connectivity index (χ1v) is 7.73. The van der Waals surface area contributed by atoms with Crippen molar-refractivity contribution in [2.45, 2.75) is 51.6 Å². The number of carbonyl (C=O) groups is 2. The molecule has 0 radical (unpaired) electrons. The van der Waals surface area contributed by atoms with E-state index >= 15 is 0 Å². The predicted molar refractivity (Wildman–Crippen MR) is 79.3 cm³/mol. The summed E-state index contributed by atoms with van der Waals surface area (Å²) < 4.78 is 9.91. The third-order valence-electron chi connectivity index (χ3n) is 3.86. The summed E-state index contributed by atoms with van der Waals surface area (Å²) in [6, 6.07) is 0.0704. The van der Waals surface area contributed by atoms with Gasteiger partial charge < -0.3 is 19.4 Å². The van der Waals surface area contributed by atoms with Crippen molar-refractivity contribution < 1.29 is 18.7 Å². The van der Waals surface area contributed by atoms with Gasteiger partial charge in [0.25, 0.3) is 0 Å². The molecule has 1 aliphatic rings. The van der Waals surface area contributed by atoms with Gasteiger partial charge in [-0.2, -0.15) is 0 Å². The summed E-state index contributed by atoms with van der Waals surface area (Å²) in [5.41, 5.74) is 0.122. The fraction of sp³-hybridized carbons (Fsp3) is 0.667. The van der Waals surface area contributed by atoms with Crippen LogP contribution in [-0.4, -0.2) is 41.6 Å². The van der Waals surface area contributed by atoms with Gasteiger partial charge >= 0.3 is 12.0 Å². The van der Waals surface area contributed by atoms with Gasteiger partial charge in [-0.3, -0.25) is 0 Å². The Labute approximate surface area is 130 Å². The maximum absolute atomic E-state index is 12.3. The first-order chi connectivity index (χ1) is 10.7. The van der Waals surface area contributed by atoms with E-state index in [1.54, 1.807) is 4.90 Å². The minimum atomic E-state index is -0.544. The number of oxazole rings is 1. The van der Waals surface area contributed by atoms with Crippen LogP contribution in [0.15, 0.2) is 10.7 Å². The average Bonchev–Trinajstić information content (AvgIpc) is 3.01. The molecule has 0 saturated heterocycles. The summed E-state index contributed by atoms with van der Waals surface area (Å²) in [5.74, 6) is -0.200. The third kappa shape index (κ3) is 3.99. The number of aromatic nitrogens is 1. The number of nitrogens with zero attached hydrogens (tertiary/aromatic N) is 2. The zero-order valence-corrected chi connectivity index (χ0v) is 13.1. The molecule has 1 heterocycles. The molecule has 7 heteroatoms. The summed E-state index contributed by atoms with van der Waals surface area (Å²) in [4.78, 5) is 29.6. The smallest absolute Gasteiger partial charge is 0.360 e. The third-order valence-corrected chi connectivity index (χ3v) is 3.86. The van der Waals surface area contributed by atoms with Gasteiger partial charge in [-0.15, -0.1) is 0 Å². The fourth-order valence-corrected chi connectivity index (χ4v) is 2.74. The van der Waals surface area contributed by atoms with E-state index in [4.69, 9.17) is 4.42 Å². The Bertz CT molecular complexity index is 509. The predicted octanol–water partition coefficient (Wildman–Crippen LogP) is 2.33. The van der Waals surface area contributed by atoms with Crippen LogP contribution >= 0.6 is 0 Å². The monoisotopic (exact) mass is 309 g/mol. The molecule has 2 rings (SSSR count). The normalized spacial score (nSPS) is 15.4. The molecular formula is C15H23N3O4. The molecule has 7 nitrogen and oxygen atoms in total. The molecule has 1 fully saturated rings. The topological polar surface area (TPSA) is 84.7 Å². The van der Waals surface area contributed by atoms with Gasteiger partial charge in [0, 0.05) is 12.6 Å². The molecule has 2 amide bonds. The first kappa shape index (κ1) is 16.3. The summed E-state index contributed by atoms with van der Waals surface area (Å²) in [6.07, 6.45) is 6.70. The number of carbonyl (C=O) groups excluding carboxylic acids is 2. The quantitative estimate of drug-likeness (QED) is 0.844. The van der Waals surface area contributed by atoms with Crippen LogP contribution in [0.25, 0.3) is 0 Å². The lowest BCUT2D eigenvalue weighted by molar-refractivity contribution is 0.0594. The van der Waals surface area contributed by atoms with E-state index in [1.165, 1.54) is 19.8 Å². The summed E-state index contributed by atoms with van der Waals surface area (Å²) >= 11 is 0. The van der Waals surface area contributed by atoms with Gasteiger partial charge in [-0.25, -0.2) is 14.6 Å². The Morgan fingerprint density at radius 3 is 2.77 bits per heavy atom. The lowest BCUT2D eigenvalue weighted by Gasteiger charge is -2.33. The Kier molecular flexibility index (Phi) is 5.80. The Morgan fingerprint density at radius 2 is 2.14 bits per heavy atom. The van der Waals surface area contributed by atoms with Crippen molar-refractivity contribution in [2.24, 2.45) is 0 Å². The van der Waals surface area contributed by atoms with Gasteiger partial charge in [-0.05, 0) is 19.8 Å². The molecular weight excluding hydrogens is 286 g/mol. The van der Waals surface area contributed by atoms with E-state index < -0.39 is 5.97 Å². The zero-order chi connectivity index (χ0) is 15.9. The molecule has 0 spiro atoms. The first-order valence-electron chi connectivity index (χ1n) is 7.73. The average molecular weight is 309 g/mol. The number of hydrogen-bond acceptors (Lipinski definition) is 5. The van der Waals surface area contributed by atoms with Crippen molar-refractivity contribution in [3.63, 3.8) is 0 Å². The highest BCUT2D eigenvalue weighted by Gasteiger charge is 2.27. The van der Waals surface area contributed by atoms with Crippen molar-refractivity contribution in [3.05, 3.63) is 17.8 Å². The molecule has 22 heavy (non-hydrogen) atoms. The van der Waals surface area contributed by atoms with Gasteiger partial charge in [0.1, 0.15) is 6.26 Å². The number of ether oxygens (including phenoxy) is 1. The Hall–Kier alpha value is -2.05. The largest absolute Gasteiger partial charge is 0.464 e. The molecule has 0 unspecified atom stereocenters. The van der Waals surface area contributed by atoms with Crippen LogP contribution in [0, 0.1) is 0 Å². The lowest BCUT2D eigenvalue weighted by Crippen LogP contribution is -2.46. The van der Waals surface area contributed by atoms with E-state index in [-0.39, 0.29) is 24.3 Å². The molecule has 1 saturated carbocycles. The van der Waals surface area contributed by atoms with Gasteiger partial charge in [0.05, 0.1) is 13.7 Å². The van der Waals surface area contributed by atoms with Crippen molar-refractivity contribution >= 4 is 12.0 Å². The molecule has 1 aromatic rings. The molecule has 122 valence electrons. The summed E-state index contributed by atoms with van der Waals surface area (Å²) in [6.45, 7) is 2.71. The van der Waals surface area contributed by atoms with Crippen LogP contribution in [0.2, 0.25) is 0 Å². The number of rotatable bonds is 5. The number of methoxy groups -OCH3 is 1. The van der Waals surface area contributed by atoms with Crippen LogP contribution in [0.5, 0.6) is 0 Å².